The van der Waals surface area contributed by atoms with Crippen molar-refractivity contribution < 1.29 is 4.79 Å². The van der Waals surface area contributed by atoms with Crippen molar-refractivity contribution in [3.05, 3.63) is 29.6 Å². The summed E-state index contributed by atoms with van der Waals surface area (Å²) in [6.45, 7) is 13.7. The molecular weight excluding hydrogens is 272 g/mol. The maximum Gasteiger partial charge on any atom is 0.131 e. The molecule has 0 fully saturated rings. The Bertz CT molecular complexity index is 432. The normalized spacial score (nSPS) is 11.7. The van der Waals surface area contributed by atoms with E-state index in [1.807, 2.05) is 46.9 Å². The van der Waals surface area contributed by atoms with Crippen LogP contribution in [-0.2, 0) is 11.2 Å². The third-order valence-electron chi connectivity index (χ3n) is 3.38. The van der Waals surface area contributed by atoms with Crippen molar-refractivity contribution in [2.45, 2.75) is 67.7 Å². The summed E-state index contributed by atoms with van der Waals surface area (Å²) in [6.07, 6.45) is 4.37. The molecule has 0 amide bonds. The van der Waals surface area contributed by atoms with Crippen LogP contribution in [0.4, 0.5) is 0 Å². The van der Waals surface area contributed by atoms with E-state index in [0.29, 0.717) is 12.3 Å². The summed E-state index contributed by atoms with van der Waals surface area (Å²) in [5, 5.41) is 8.67. The lowest BCUT2D eigenvalue weighted by molar-refractivity contribution is -0.117. The van der Waals surface area contributed by atoms with Crippen LogP contribution in [0.1, 0.15) is 65.6 Å². The van der Waals surface area contributed by atoms with E-state index in [0.717, 1.165) is 18.5 Å². The lowest BCUT2D eigenvalue weighted by atomic mass is 9.89. The first-order valence-electron chi connectivity index (χ1n) is 8.25. The topological polar surface area (TPSA) is 53.8 Å². The number of carbonyl (C=O) groups is 1. The summed E-state index contributed by atoms with van der Waals surface area (Å²) in [5.41, 5.74) is 2.40. The molecule has 0 saturated carbocycles. The standard InChI is InChI=1S/C9H15NO.C8H11N.C2H6/c1-4-7(2)9(6-10)5-8(3)11;1-3-8-5-4-7(2)9-6-8;1-2/h7,9H,4-5H2,1-3H3;4-6H,3H2,1-2H3;1-2H3. The van der Waals surface area contributed by atoms with Crippen molar-refractivity contribution >= 4 is 5.78 Å². The Morgan fingerprint density at radius 3 is 2.23 bits per heavy atom. The predicted molar refractivity (Wildman–Crippen MR) is 93.6 cm³/mol. The molecule has 0 bridgehead atoms. The zero-order chi connectivity index (χ0) is 17.5. The van der Waals surface area contributed by atoms with Crippen LogP contribution < -0.4 is 0 Å². The summed E-state index contributed by atoms with van der Waals surface area (Å²) in [5.74, 6) is 0.359. The summed E-state index contributed by atoms with van der Waals surface area (Å²) >= 11 is 0. The lowest BCUT2D eigenvalue weighted by Gasteiger charge is -2.13. The molecule has 0 saturated heterocycles. The molecule has 124 valence electrons. The minimum absolute atomic E-state index is 0.0856. The average molecular weight is 304 g/mol. The van der Waals surface area contributed by atoms with Crippen molar-refractivity contribution in [1.29, 1.82) is 5.26 Å². The maximum absolute atomic E-state index is 10.7. The fourth-order valence-electron chi connectivity index (χ4n) is 1.68. The quantitative estimate of drug-likeness (QED) is 0.757. The van der Waals surface area contributed by atoms with E-state index in [1.54, 1.807) is 0 Å². The zero-order valence-corrected chi connectivity index (χ0v) is 15.3. The number of hydrogen-bond acceptors (Lipinski definition) is 3. The second-order valence-corrected chi connectivity index (χ2v) is 5.19. The molecular formula is C19H32N2O. The molecule has 0 radical (unpaired) electrons. The number of aromatic nitrogens is 1. The van der Waals surface area contributed by atoms with Gasteiger partial charge in [-0.05, 0) is 37.8 Å². The van der Waals surface area contributed by atoms with Gasteiger partial charge in [0.1, 0.15) is 5.78 Å². The molecule has 2 unspecified atom stereocenters. The Kier molecular flexibility index (Phi) is 14.6. The van der Waals surface area contributed by atoms with Gasteiger partial charge in [-0.3, -0.25) is 9.78 Å². The Morgan fingerprint density at radius 1 is 1.32 bits per heavy atom. The van der Waals surface area contributed by atoms with E-state index >= 15 is 0 Å². The fourth-order valence-corrected chi connectivity index (χ4v) is 1.68. The van der Waals surface area contributed by atoms with Crippen LogP contribution in [-0.4, -0.2) is 10.8 Å². The highest BCUT2D eigenvalue weighted by molar-refractivity contribution is 5.76. The molecule has 1 aromatic rings. The van der Waals surface area contributed by atoms with Crippen LogP contribution in [0.25, 0.3) is 0 Å². The minimum Gasteiger partial charge on any atom is -0.300 e. The number of nitriles is 1. The smallest absolute Gasteiger partial charge is 0.131 e. The first kappa shape index (κ1) is 22.6. The van der Waals surface area contributed by atoms with Crippen molar-refractivity contribution in [3.63, 3.8) is 0 Å². The number of aryl methyl sites for hydroxylation is 2. The zero-order valence-electron chi connectivity index (χ0n) is 15.3. The van der Waals surface area contributed by atoms with Gasteiger partial charge in [0.15, 0.2) is 0 Å². The van der Waals surface area contributed by atoms with Gasteiger partial charge >= 0.3 is 0 Å². The second kappa shape index (κ2) is 14.3. The molecule has 0 spiro atoms. The summed E-state index contributed by atoms with van der Waals surface area (Å²) in [4.78, 5) is 14.8. The van der Waals surface area contributed by atoms with E-state index in [2.05, 4.69) is 24.0 Å². The van der Waals surface area contributed by atoms with Crippen LogP contribution >= 0.6 is 0 Å². The molecule has 1 heterocycles. The highest BCUT2D eigenvalue weighted by Gasteiger charge is 2.16. The van der Waals surface area contributed by atoms with E-state index < -0.39 is 0 Å². The largest absolute Gasteiger partial charge is 0.300 e. The molecule has 0 aromatic carbocycles. The van der Waals surface area contributed by atoms with Gasteiger partial charge in [-0.25, -0.2) is 0 Å². The van der Waals surface area contributed by atoms with Crippen molar-refractivity contribution in [3.8, 4) is 6.07 Å². The van der Waals surface area contributed by atoms with Crippen LogP contribution in [0.5, 0.6) is 0 Å². The number of nitrogens with zero attached hydrogens (tertiary/aromatic N) is 2. The molecule has 22 heavy (non-hydrogen) atoms. The van der Waals surface area contributed by atoms with Crippen molar-refractivity contribution in [1.82, 2.24) is 4.98 Å². The highest BCUT2D eigenvalue weighted by Crippen LogP contribution is 2.17. The van der Waals surface area contributed by atoms with Gasteiger partial charge in [0.2, 0.25) is 0 Å². The Labute approximate surface area is 136 Å². The molecule has 0 aliphatic carbocycles. The van der Waals surface area contributed by atoms with E-state index in [9.17, 15) is 4.79 Å². The van der Waals surface area contributed by atoms with Crippen LogP contribution in [0.2, 0.25) is 0 Å². The summed E-state index contributed by atoms with van der Waals surface area (Å²) in [7, 11) is 0. The van der Waals surface area contributed by atoms with Gasteiger partial charge in [0, 0.05) is 18.3 Å². The first-order chi connectivity index (χ1) is 10.4. The highest BCUT2D eigenvalue weighted by atomic mass is 16.1. The maximum atomic E-state index is 10.7. The van der Waals surface area contributed by atoms with Crippen molar-refractivity contribution in [2.75, 3.05) is 0 Å². The van der Waals surface area contributed by atoms with Crippen LogP contribution in [0.15, 0.2) is 18.3 Å². The molecule has 1 rings (SSSR count). The third-order valence-corrected chi connectivity index (χ3v) is 3.38. The van der Waals surface area contributed by atoms with E-state index in [-0.39, 0.29) is 11.7 Å². The number of pyridine rings is 1. The van der Waals surface area contributed by atoms with Gasteiger partial charge in [-0.2, -0.15) is 5.26 Å². The third kappa shape index (κ3) is 11.0. The monoisotopic (exact) mass is 304 g/mol. The second-order valence-electron chi connectivity index (χ2n) is 5.19. The van der Waals surface area contributed by atoms with E-state index in [4.69, 9.17) is 5.26 Å². The molecule has 0 aliphatic heterocycles. The average Bonchev–Trinajstić information content (AvgIpc) is 2.55. The minimum atomic E-state index is -0.0856. The van der Waals surface area contributed by atoms with Crippen LogP contribution in [0, 0.1) is 30.1 Å². The van der Waals surface area contributed by atoms with Gasteiger partial charge in [-0.1, -0.05) is 47.1 Å². The SMILES string of the molecule is CC.CCC(C)C(C#N)CC(C)=O.CCc1ccc(C)nc1. The molecule has 3 nitrogen and oxygen atoms in total. The molecule has 0 aliphatic rings. The van der Waals surface area contributed by atoms with E-state index in [1.165, 1.54) is 12.5 Å². The molecule has 0 N–H and O–H groups in total. The predicted octanol–water partition coefficient (Wildman–Crippen LogP) is 5.13. The lowest BCUT2D eigenvalue weighted by Crippen LogP contribution is -2.12. The molecule has 2 atom stereocenters. The van der Waals surface area contributed by atoms with Gasteiger partial charge < -0.3 is 0 Å². The van der Waals surface area contributed by atoms with Gasteiger partial charge in [-0.15, -0.1) is 0 Å². The number of Topliss-reactive ketones (excluding diaryl/α,β-unsaturated/α-hetero) is 1. The number of ketones is 1. The summed E-state index contributed by atoms with van der Waals surface area (Å²) in [6, 6.07) is 6.32. The number of hydrogen-bond donors (Lipinski definition) is 0. The Balaban J connectivity index is 0. The fraction of sp³-hybridized carbons (Fsp3) is 0.632. The number of rotatable bonds is 5. The Hall–Kier alpha value is -1.69. The van der Waals surface area contributed by atoms with Gasteiger partial charge in [0.25, 0.3) is 0 Å². The molecule has 1 aromatic heterocycles. The van der Waals surface area contributed by atoms with Gasteiger partial charge in [0.05, 0.1) is 12.0 Å². The first-order valence-corrected chi connectivity index (χ1v) is 8.25. The van der Waals surface area contributed by atoms with Crippen molar-refractivity contribution in [2.24, 2.45) is 11.8 Å². The molecule has 3 heteroatoms. The summed E-state index contributed by atoms with van der Waals surface area (Å²) < 4.78 is 0. The van der Waals surface area contributed by atoms with Crippen LogP contribution in [0.3, 0.4) is 0 Å². The number of carbonyl (C=O) groups excluding carboxylic acids is 1. The Morgan fingerprint density at radius 2 is 1.91 bits per heavy atom.